The van der Waals surface area contributed by atoms with E-state index in [1.165, 1.54) is 38.9 Å². The van der Waals surface area contributed by atoms with E-state index < -0.39 is 0 Å². The Balaban J connectivity index is 2.00. The van der Waals surface area contributed by atoms with Crippen LogP contribution in [0.15, 0.2) is 0 Å². The molecule has 0 aliphatic carbocycles. The summed E-state index contributed by atoms with van der Waals surface area (Å²) in [6, 6.07) is 1.49. The van der Waals surface area contributed by atoms with Gasteiger partial charge < -0.3 is 0 Å². The lowest BCUT2D eigenvalue weighted by Crippen LogP contribution is -2.55. The molecule has 0 aromatic carbocycles. The van der Waals surface area contributed by atoms with E-state index in [1.54, 1.807) is 0 Å². The van der Waals surface area contributed by atoms with Crippen LogP contribution >= 0.6 is 0 Å². The second-order valence-corrected chi connectivity index (χ2v) is 4.49. The minimum atomic E-state index is 0.695. The van der Waals surface area contributed by atoms with Crippen LogP contribution in [-0.2, 0) is 0 Å². The molecule has 0 aromatic rings. The van der Waals surface area contributed by atoms with Crippen molar-refractivity contribution in [1.29, 1.82) is 0 Å². The Morgan fingerprint density at radius 1 is 1.43 bits per heavy atom. The molecule has 0 radical (unpaired) electrons. The molecule has 2 nitrogen and oxygen atoms in total. The molecule has 0 bridgehead atoms. The fraction of sp³-hybridized carbons (Fsp3) is 0.833. The second kappa shape index (κ2) is 4.33. The third kappa shape index (κ3) is 1.80. The van der Waals surface area contributed by atoms with Crippen molar-refractivity contribution in [2.75, 3.05) is 26.2 Å². The van der Waals surface area contributed by atoms with E-state index in [1.807, 2.05) is 0 Å². The SMILES string of the molecule is C#CCN1CC2CCCN2CC1CC. The predicted octanol–water partition coefficient (Wildman–Crippen LogP) is 1.18. The van der Waals surface area contributed by atoms with Gasteiger partial charge in [0.25, 0.3) is 0 Å². The van der Waals surface area contributed by atoms with Crippen LogP contribution in [0.1, 0.15) is 26.2 Å². The van der Waals surface area contributed by atoms with Crippen molar-refractivity contribution in [3.8, 4) is 12.3 Å². The molecule has 78 valence electrons. The summed E-state index contributed by atoms with van der Waals surface area (Å²) in [5.41, 5.74) is 0. The van der Waals surface area contributed by atoms with Gasteiger partial charge >= 0.3 is 0 Å². The normalized spacial score (nSPS) is 34.0. The Hall–Kier alpha value is -0.520. The van der Waals surface area contributed by atoms with Crippen LogP contribution in [0, 0.1) is 12.3 Å². The molecule has 2 aliphatic heterocycles. The van der Waals surface area contributed by atoms with Crippen molar-refractivity contribution in [3.05, 3.63) is 0 Å². The third-order valence-corrected chi connectivity index (χ3v) is 3.67. The van der Waals surface area contributed by atoms with Gasteiger partial charge in [-0.05, 0) is 25.8 Å². The van der Waals surface area contributed by atoms with E-state index in [-0.39, 0.29) is 0 Å². The zero-order valence-electron chi connectivity index (χ0n) is 9.08. The molecule has 0 saturated carbocycles. The molecule has 14 heavy (non-hydrogen) atoms. The van der Waals surface area contributed by atoms with Crippen LogP contribution in [0.5, 0.6) is 0 Å². The van der Waals surface area contributed by atoms with Crippen molar-refractivity contribution >= 4 is 0 Å². The van der Waals surface area contributed by atoms with Crippen LogP contribution in [0.4, 0.5) is 0 Å². The maximum absolute atomic E-state index is 5.41. The van der Waals surface area contributed by atoms with Gasteiger partial charge in [0, 0.05) is 25.2 Å². The molecular weight excluding hydrogens is 172 g/mol. The average Bonchev–Trinajstić information content (AvgIpc) is 2.64. The quantitative estimate of drug-likeness (QED) is 0.606. The first-order valence-electron chi connectivity index (χ1n) is 5.76. The number of hydrogen-bond acceptors (Lipinski definition) is 2. The molecule has 2 heterocycles. The summed E-state index contributed by atoms with van der Waals surface area (Å²) >= 11 is 0. The Kier molecular flexibility index (Phi) is 3.10. The van der Waals surface area contributed by atoms with Crippen molar-refractivity contribution in [1.82, 2.24) is 9.80 Å². The van der Waals surface area contributed by atoms with Crippen molar-refractivity contribution in [3.63, 3.8) is 0 Å². The van der Waals surface area contributed by atoms with Crippen molar-refractivity contribution in [2.24, 2.45) is 0 Å². The maximum Gasteiger partial charge on any atom is 0.0602 e. The van der Waals surface area contributed by atoms with Crippen molar-refractivity contribution in [2.45, 2.75) is 38.3 Å². The topological polar surface area (TPSA) is 6.48 Å². The lowest BCUT2D eigenvalue weighted by Gasteiger charge is -2.42. The first kappa shape index (κ1) is 10.0. The number of rotatable bonds is 2. The molecule has 0 aromatic heterocycles. The monoisotopic (exact) mass is 192 g/mol. The first-order valence-corrected chi connectivity index (χ1v) is 5.76. The number of piperazine rings is 1. The number of terminal acetylenes is 1. The largest absolute Gasteiger partial charge is 0.298 e. The van der Waals surface area contributed by atoms with Gasteiger partial charge in [0.05, 0.1) is 6.54 Å². The highest BCUT2D eigenvalue weighted by atomic mass is 15.3. The Morgan fingerprint density at radius 3 is 3.00 bits per heavy atom. The summed E-state index contributed by atoms with van der Waals surface area (Å²) in [5.74, 6) is 2.79. The highest BCUT2D eigenvalue weighted by molar-refractivity contribution is 4.97. The molecule has 2 fully saturated rings. The van der Waals surface area contributed by atoms with Gasteiger partial charge in [-0.25, -0.2) is 0 Å². The summed E-state index contributed by atoms with van der Waals surface area (Å²) in [6.45, 7) is 6.85. The summed E-state index contributed by atoms with van der Waals surface area (Å²) in [5, 5.41) is 0. The van der Waals surface area contributed by atoms with Crippen LogP contribution in [0.3, 0.4) is 0 Å². The first-order chi connectivity index (χ1) is 6.85. The van der Waals surface area contributed by atoms with E-state index in [2.05, 4.69) is 22.6 Å². The summed E-state index contributed by atoms with van der Waals surface area (Å²) in [7, 11) is 0. The van der Waals surface area contributed by atoms with Crippen LogP contribution in [0.2, 0.25) is 0 Å². The summed E-state index contributed by atoms with van der Waals surface area (Å²) in [6.07, 6.45) is 9.39. The van der Waals surface area contributed by atoms with Gasteiger partial charge in [-0.3, -0.25) is 9.80 Å². The molecule has 2 heteroatoms. The van der Waals surface area contributed by atoms with Gasteiger partial charge in [0.15, 0.2) is 0 Å². The molecule has 2 rings (SSSR count). The number of fused-ring (bicyclic) bond motifs is 1. The van der Waals surface area contributed by atoms with Gasteiger partial charge in [-0.1, -0.05) is 12.8 Å². The summed E-state index contributed by atoms with van der Waals surface area (Å²) < 4.78 is 0. The van der Waals surface area contributed by atoms with Gasteiger partial charge in [-0.2, -0.15) is 0 Å². The minimum absolute atomic E-state index is 0.695. The standard InChI is InChI=1S/C12H20N2/c1-3-7-13-10-12-6-5-8-14(12)9-11(13)4-2/h1,11-12H,4-10H2,2H3. The number of hydrogen-bond donors (Lipinski definition) is 0. The fourth-order valence-corrected chi connectivity index (χ4v) is 2.85. The zero-order chi connectivity index (χ0) is 9.97. The van der Waals surface area contributed by atoms with E-state index in [9.17, 15) is 0 Å². The van der Waals surface area contributed by atoms with Gasteiger partial charge in [-0.15, -0.1) is 6.42 Å². The summed E-state index contributed by atoms with van der Waals surface area (Å²) in [4.78, 5) is 5.15. The van der Waals surface area contributed by atoms with Crippen LogP contribution in [0.25, 0.3) is 0 Å². The Morgan fingerprint density at radius 2 is 2.29 bits per heavy atom. The lowest BCUT2D eigenvalue weighted by atomic mass is 10.1. The van der Waals surface area contributed by atoms with E-state index in [0.29, 0.717) is 6.04 Å². The van der Waals surface area contributed by atoms with Crippen molar-refractivity contribution < 1.29 is 0 Å². The van der Waals surface area contributed by atoms with E-state index in [4.69, 9.17) is 6.42 Å². The molecular formula is C12H20N2. The highest BCUT2D eigenvalue weighted by Crippen LogP contribution is 2.25. The minimum Gasteiger partial charge on any atom is -0.298 e. The maximum atomic E-state index is 5.41. The molecule has 2 aliphatic rings. The third-order valence-electron chi connectivity index (χ3n) is 3.67. The van der Waals surface area contributed by atoms with Gasteiger partial charge in [0.1, 0.15) is 0 Å². The molecule has 0 amide bonds. The Labute approximate surface area is 87.3 Å². The van der Waals surface area contributed by atoms with Gasteiger partial charge in [0.2, 0.25) is 0 Å². The van der Waals surface area contributed by atoms with E-state index in [0.717, 1.165) is 12.6 Å². The van der Waals surface area contributed by atoms with Crippen LogP contribution < -0.4 is 0 Å². The highest BCUT2D eigenvalue weighted by Gasteiger charge is 2.34. The fourth-order valence-electron chi connectivity index (χ4n) is 2.85. The van der Waals surface area contributed by atoms with E-state index >= 15 is 0 Å². The Bertz CT molecular complexity index is 231. The molecule has 0 N–H and O–H groups in total. The average molecular weight is 192 g/mol. The molecule has 2 atom stereocenters. The number of nitrogens with zero attached hydrogens (tertiary/aromatic N) is 2. The molecule has 2 unspecified atom stereocenters. The molecule has 2 saturated heterocycles. The lowest BCUT2D eigenvalue weighted by molar-refractivity contribution is 0.0594. The molecule has 0 spiro atoms. The van der Waals surface area contributed by atoms with Crippen LogP contribution in [-0.4, -0.2) is 48.1 Å². The second-order valence-electron chi connectivity index (χ2n) is 4.49. The predicted molar refractivity (Wildman–Crippen MR) is 59.1 cm³/mol. The zero-order valence-corrected chi connectivity index (χ0v) is 9.08. The smallest absolute Gasteiger partial charge is 0.0602 e.